The number of anilines is 4. The number of nitrogens with one attached hydrogen (secondary N) is 2. The number of alkyl halides is 2. The van der Waals surface area contributed by atoms with Gasteiger partial charge in [0.2, 0.25) is 5.95 Å². The van der Waals surface area contributed by atoms with Crippen LogP contribution in [0.5, 0.6) is 0 Å². The van der Waals surface area contributed by atoms with Crippen molar-refractivity contribution in [3.05, 3.63) is 40.7 Å². The van der Waals surface area contributed by atoms with Crippen LogP contribution < -0.4 is 20.4 Å². The Labute approximate surface area is 201 Å². The van der Waals surface area contributed by atoms with Crippen molar-refractivity contribution in [1.29, 1.82) is 0 Å². The number of piperidine rings is 1. The Morgan fingerprint density at radius 3 is 2.76 bits per heavy atom. The van der Waals surface area contributed by atoms with Crippen molar-refractivity contribution in [2.24, 2.45) is 0 Å². The number of hydrogen-bond acceptors (Lipinski definition) is 8. The summed E-state index contributed by atoms with van der Waals surface area (Å²) in [5.41, 5.74) is 2.97. The Balaban J connectivity index is 1.65. The minimum atomic E-state index is -2.65. The molecular formula is C23H27ClF2N6O2. The maximum absolute atomic E-state index is 13.5. The molecule has 8 nitrogen and oxygen atoms in total. The third-order valence-corrected chi connectivity index (χ3v) is 6.03. The Hall–Kier alpha value is -3.14. The molecule has 1 aromatic carbocycles. The van der Waals surface area contributed by atoms with Crippen LogP contribution in [0.2, 0.25) is 5.02 Å². The number of ether oxygens (including phenoxy) is 1. The maximum Gasteiger partial charge on any atom is 0.251 e. The first kappa shape index (κ1) is 24.0. The summed E-state index contributed by atoms with van der Waals surface area (Å²) in [6.07, 6.45) is 2.48. The van der Waals surface area contributed by atoms with Gasteiger partial charge in [0.25, 0.3) is 5.92 Å². The fourth-order valence-electron chi connectivity index (χ4n) is 3.92. The largest absolute Gasteiger partial charge is 0.488 e. The summed E-state index contributed by atoms with van der Waals surface area (Å²) in [5.74, 6) is -1.69. The fraction of sp³-hybridized carbons (Fsp3) is 0.435. The molecule has 11 heteroatoms. The van der Waals surface area contributed by atoms with Crippen molar-refractivity contribution >= 4 is 46.7 Å². The number of halogens is 3. The number of aromatic nitrogens is 2. The van der Waals surface area contributed by atoms with Crippen molar-refractivity contribution in [3.8, 4) is 0 Å². The Kier molecular flexibility index (Phi) is 7.06. The molecule has 0 spiro atoms. The van der Waals surface area contributed by atoms with Crippen LogP contribution in [0.1, 0.15) is 24.8 Å². The molecular weight excluding hydrogens is 466 g/mol. The number of carbonyl (C=O) groups excluding carboxylic acids is 1. The van der Waals surface area contributed by atoms with E-state index in [0.29, 0.717) is 47.6 Å². The number of rotatable bonds is 6. The molecule has 0 saturated carbocycles. The average molecular weight is 493 g/mol. The quantitative estimate of drug-likeness (QED) is 0.584. The summed E-state index contributed by atoms with van der Waals surface area (Å²) in [6, 6.07) is 5.68. The molecule has 1 fully saturated rings. The predicted octanol–water partition coefficient (Wildman–Crippen LogP) is 4.05. The van der Waals surface area contributed by atoms with Gasteiger partial charge in [-0.15, -0.1) is 0 Å². The summed E-state index contributed by atoms with van der Waals surface area (Å²) in [5, 5.41) is 6.81. The van der Waals surface area contributed by atoms with Crippen LogP contribution in [0.4, 0.5) is 31.9 Å². The third kappa shape index (κ3) is 5.32. The molecule has 182 valence electrons. The SMILES string of the molecule is CN(C)c1ccc(Nc2nc(N3CCC(F)(F)CC3)ncc2Cl)cc1C1=C(C=O)OCCCN1. The van der Waals surface area contributed by atoms with E-state index >= 15 is 0 Å². The van der Waals surface area contributed by atoms with Crippen LogP contribution in [0.25, 0.3) is 5.70 Å². The predicted molar refractivity (Wildman–Crippen MR) is 129 cm³/mol. The number of aldehydes is 1. The minimum Gasteiger partial charge on any atom is -0.488 e. The van der Waals surface area contributed by atoms with Crippen LogP contribution in [-0.4, -0.2) is 62.5 Å². The third-order valence-electron chi connectivity index (χ3n) is 5.75. The van der Waals surface area contributed by atoms with E-state index in [9.17, 15) is 13.6 Å². The molecule has 2 aliphatic heterocycles. The lowest BCUT2D eigenvalue weighted by Crippen LogP contribution is -2.40. The average Bonchev–Trinajstić information content (AvgIpc) is 3.06. The van der Waals surface area contributed by atoms with Crippen molar-refractivity contribution in [1.82, 2.24) is 15.3 Å². The van der Waals surface area contributed by atoms with E-state index in [4.69, 9.17) is 16.3 Å². The molecule has 4 rings (SSSR count). The van der Waals surface area contributed by atoms with Crippen LogP contribution in [0.3, 0.4) is 0 Å². The lowest BCUT2D eigenvalue weighted by molar-refractivity contribution is -0.107. The highest BCUT2D eigenvalue weighted by Crippen LogP contribution is 2.34. The van der Waals surface area contributed by atoms with E-state index in [0.717, 1.165) is 17.7 Å². The Bertz CT molecular complexity index is 1090. The first-order chi connectivity index (χ1) is 16.3. The molecule has 1 aromatic heterocycles. The molecule has 0 bridgehead atoms. The van der Waals surface area contributed by atoms with Crippen LogP contribution in [0.15, 0.2) is 30.2 Å². The van der Waals surface area contributed by atoms with Crippen molar-refractivity contribution in [2.75, 3.05) is 55.5 Å². The molecule has 1 saturated heterocycles. The highest BCUT2D eigenvalue weighted by molar-refractivity contribution is 6.32. The molecule has 2 aromatic rings. The van der Waals surface area contributed by atoms with Gasteiger partial charge in [-0.05, 0) is 24.6 Å². The summed E-state index contributed by atoms with van der Waals surface area (Å²) < 4.78 is 32.7. The molecule has 0 atom stereocenters. The van der Waals surface area contributed by atoms with Gasteiger partial charge in [-0.25, -0.2) is 13.8 Å². The molecule has 0 unspecified atom stereocenters. The molecule has 0 amide bonds. The monoisotopic (exact) mass is 492 g/mol. The van der Waals surface area contributed by atoms with Crippen LogP contribution in [-0.2, 0) is 9.53 Å². The first-order valence-corrected chi connectivity index (χ1v) is 11.5. The van der Waals surface area contributed by atoms with Gasteiger partial charge in [-0.3, -0.25) is 4.79 Å². The zero-order valence-corrected chi connectivity index (χ0v) is 19.8. The van der Waals surface area contributed by atoms with Gasteiger partial charge >= 0.3 is 0 Å². The number of benzene rings is 1. The smallest absolute Gasteiger partial charge is 0.251 e. The van der Waals surface area contributed by atoms with Gasteiger partial charge in [0, 0.05) is 63.5 Å². The summed E-state index contributed by atoms with van der Waals surface area (Å²) in [4.78, 5) is 24.1. The molecule has 2 N–H and O–H groups in total. The standard InChI is InChI=1S/C23H27ClF2N6O2/c1-31(2)18-5-4-15(12-16(18)20-19(14-33)34-11-3-8-27-20)29-21-17(24)13-28-22(30-21)32-9-6-23(25,26)7-10-32/h4-5,12-14,27H,3,6-11H2,1-2H3,(H,28,29,30). The molecule has 0 aliphatic carbocycles. The fourth-order valence-corrected chi connectivity index (χ4v) is 4.06. The number of carbonyl (C=O) groups is 1. The molecule has 3 heterocycles. The van der Waals surface area contributed by atoms with Gasteiger partial charge in [0.05, 0.1) is 18.5 Å². The number of nitrogens with zero attached hydrogens (tertiary/aromatic N) is 4. The highest BCUT2D eigenvalue weighted by atomic mass is 35.5. The highest BCUT2D eigenvalue weighted by Gasteiger charge is 2.35. The van der Waals surface area contributed by atoms with E-state index in [1.165, 1.54) is 6.20 Å². The lowest BCUT2D eigenvalue weighted by atomic mass is 10.1. The maximum atomic E-state index is 13.5. The zero-order valence-electron chi connectivity index (χ0n) is 19.1. The van der Waals surface area contributed by atoms with Crippen molar-refractivity contribution < 1.29 is 18.3 Å². The summed E-state index contributed by atoms with van der Waals surface area (Å²) in [6.45, 7) is 1.48. The number of hydrogen-bond donors (Lipinski definition) is 2. The van der Waals surface area contributed by atoms with Gasteiger partial charge < -0.3 is 25.2 Å². The van der Waals surface area contributed by atoms with Gasteiger partial charge in [-0.2, -0.15) is 4.98 Å². The molecule has 34 heavy (non-hydrogen) atoms. The van der Waals surface area contributed by atoms with Crippen molar-refractivity contribution in [2.45, 2.75) is 25.2 Å². The number of allylic oxidation sites excluding steroid dienone is 1. The van der Waals surface area contributed by atoms with Gasteiger partial charge in [0.1, 0.15) is 5.02 Å². The van der Waals surface area contributed by atoms with Crippen molar-refractivity contribution in [3.63, 3.8) is 0 Å². The first-order valence-electron chi connectivity index (χ1n) is 11.1. The second kappa shape index (κ2) is 10.0. The second-order valence-electron chi connectivity index (χ2n) is 8.45. The normalized spacial score (nSPS) is 18.0. The molecule has 0 radical (unpaired) electrons. The van der Waals surface area contributed by atoms with E-state index in [1.54, 1.807) is 4.90 Å². The topological polar surface area (TPSA) is 82.6 Å². The van der Waals surface area contributed by atoms with Crippen LogP contribution >= 0.6 is 11.6 Å². The van der Waals surface area contributed by atoms with E-state index in [-0.39, 0.29) is 31.7 Å². The summed E-state index contributed by atoms with van der Waals surface area (Å²) in [7, 11) is 3.83. The minimum absolute atomic E-state index is 0.171. The van der Waals surface area contributed by atoms with E-state index < -0.39 is 5.92 Å². The summed E-state index contributed by atoms with van der Waals surface area (Å²) >= 11 is 6.35. The molecule has 2 aliphatic rings. The van der Waals surface area contributed by atoms with Gasteiger partial charge in [0.15, 0.2) is 17.9 Å². The van der Waals surface area contributed by atoms with E-state index in [1.807, 2.05) is 37.2 Å². The van der Waals surface area contributed by atoms with Crippen LogP contribution in [0, 0.1) is 0 Å². The lowest BCUT2D eigenvalue weighted by Gasteiger charge is -2.31. The zero-order chi connectivity index (χ0) is 24.3. The Morgan fingerprint density at radius 2 is 2.06 bits per heavy atom. The second-order valence-corrected chi connectivity index (χ2v) is 8.85. The Morgan fingerprint density at radius 1 is 1.29 bits per heavy atom. The van der Waals surface area contributed by atoms with E-state index in [2.05, 4.69) is 20.6 Å². The van der Waals surface area contributed by atoms with Gasteiger partial charge in [-0.1, -0.05) is 11.6 Å².